The van der Waals surface area contributed by atoms with Gasteiger partial charge in [0.25, 0.3) is 5.91 Å². The van der Waals surface area contributed by atoms with E-state index in [9.17, 15) is 18.3 Å². The summed E-state index contributed by atoms with van der Waals surface area (Å²) in [6, 6.07) is 17.7. The van der Waals surface area contributed by atoms with Crippen molar-refractivity contribution in [2.45, 2.75) is 6.54 Å². The van der Waals surface area contributed by atoms with Crippen LogP contribution in [0.4, 0.5) is 11.4 Å². The number of nitrogens with zero attached hydrogens (tertiary/aromatic N) is 1. The van der Waals surface area contributed by atoms with Crippen LogP contribution in [-0.4, -0.2) is 25.2 Å². The van der Waals surface area contributed by atoms with Crippen molar-refractivity contribution >= 4 is 67.7 Å². The fourth-order valence-electron chi connectivity index (χ4n) is 3.50. The Morgan fingerprint density at radius 3 is 2.36 bits per heavy atom. The molecule has 33 heavy (non-hydrogen) atoms. The highest BCUT2D eigenvalue weighted by Gasteiger charge is 2.34. The van der Waals surface area contributed by atoms with E-state index in [-0.39, 0.29) is 23.4 Å². The first-order valence-corrected chi connectivity index (χ1v) is 12.4. The highest BCUT2D eigenvalue weighted by molar-refractivity contribution is 7.93. The summed E-state index contributed by atoms with van der Waals surface area (Å²) in [5.41, 5.74) is 1.45. The molecule has 10 heteroatoms. The summed E-state index contributed by atoms with van der Waals surface area (Å²) in [5, 5.41) is 14.6. The van der Waals surface area contributed by atoms with Crippen LogP contribution in [-0.2, 0) is 21.4 Å². The van der Waals surface area contributed by atoms with Gasteiger partial charge in [0.2, 0.25) is 10.0 Å². The first kappa shape index (κ1) is 23.4. The summed E-state index contributed by atoms with van der Waals surface area (Å²) >= 11 is 18.0. The van der Waals surface area contributed by atoms with Crippen molar-refractivity contribution in [1.29, 1.82) is 0 Å². The Balaban J connectivity index is 1.77. The van der Waals surface area contributed by atoms with Crippen LogP contribution in [0.3, 0.4) is 0 Å². The van der Waals surface area contributed by atoms with E-state index in [2.05, 4.69) is 5.32 Å². The largest absolute Gasteiger partial charge is 0.510 e. The van der Waals surface area contributed by atoms with E-state index in [1.54, 1.807) is 66.7 Å². The first-order chi connectivity index (χ1) is 15.7. The average molecular weight is 524 g/mol. The number of carbonyl (C=O) groups is 1. The zero-order valence-corrected chi connectivity index (χ0v) is 20.0. The van der Waals surface area contributed by atoms with Gasteiger partial charge in [-0.15, -0.1) is 0 Å². The normalized spacial score (nSPS) is 15.1. The predicted molar refractivity (Wildman–Crippen MR) is 133 cm³/mol. The molecule has 0 aliphatic carbocycles. The van der Waals surface area contributed by atoms with Crippen molar-refractivity contribution in [3.8, 4) is 0 Å². The molecular weight excluding hydrogens is 507 g/mol. The lowest BCUT2D eigenvalue weighted by Crippen LogP contribution is -2.32. The van der Waals surface area contributed by atoms with Crippen molar-refractivity contribution in [3.63, 3.8) is 0 Å². The number of anilines is 2. The van der Waals surface area contributed by atoms with Gasteiger partial charge in [-0.3, -0.25) is 9.10 Å². The molecule has 1 amide bonds. The summed E-state index contributed by atoms with van der Waals surface area (Å²) in [6.07, 6.45) is 0. The van der Waals surface area contributed by atoms with Gasteiger partial charge in [0.1, 0.15) is 11.5 Å². The minimum absolute atomic E-state index is 0.0599. The van der Waals surface area contributed by atoms with E-state index in [0.717, 1.165) is 4.31 Å². The van der Waals surface area contributed by atoms with Crippen LogP contribution in [0.1, 0.15) is 11.1 Å². The van der Waals surface area contributed by atoms with Gasteiger partial charge in [-0.1, -0.05) is 59.1 Å². The Kier molecular flexibility index (Phi) is 6.59. The highest BCUT2D eigenvalue weighted by Crippen LogP contribution is 2.37. The Morgan fingerprint density at radius 2 is 1.67 bits per heavy atom. The Labute approximate surface area is 206 Å². The fourth-order valence-corrected chi connectivity index (χ4v) is 5.40. The van der Waals surface area contributed by atoms with Crippen molar-refractivity contribution in [1.82, 2.24) is 0 Å². The fraction of sp³-hybridized carbons (Fsp3) is 0.0870. The number of benzene rings is 3. The second kappa shape index (κ2) is 9.27. The Hall–Kier alpha value is -2.71. The van der Waals surface area contributed by atoms with Crippen LogP contribution in [0.25, 0.3) is 5.57 Å². The summed E-state index contributed by atoms with van der Waals surface area (Å²) in [4.78, 5) is 13.1. The van der Waals surface area contributed by atoms with Gasteiger partial charge in [0.05, 0.1) is 27.9 Å². The molecule has 3 aromatic rings. The molecule has 0 fully saturated rings. The third kappa shape index (κ3) is 4.96. The molecule has 0 atom stereocenters. The smallest absolute Gasteiger partial charge is 0.259 e. The highest BCUT2D eigenvalue weighted by atomic mass is 35.5. The van der Waals surface area contributed by atoms with Crippen LogP contribution in [0.15, 0.2) is 72.5 Å². The SMILES string of the molecule is O=C(Nc1ccc(Cl)cc1)C1=C(O)CS(=O)(=O)N(Cc2ccc(Cl)c(Cl)c2)c2ccccc21. The zero-order valence-electron chi connectivity index (χ0n) is 16.9. The average Bonchev–Trinajstić information content (AvgIpc) is 2.84. The molecule has 4 rings (SSSR count). The first-order valence-electron chi connectivity index (χ1n) is 9.68. The van der Waals surface area contributed by atoms with Crippen molar-refractivity contribution < 1.29 is 18.3 Å². The molecule has 0 radical (unpaired) electrons. The van der Waals surface area contributed by atoms with Crippen molar-refractivity contribution in [2.24, 2.45) is 0 Å². The van der Waals surface area contributed by atoms with Crippen LogP contribution >= 0.6 is 34.8 Å². The number of hydrogen-bond donors (Lipinski definition) is 2. The lowest BCUT2D eigenvalue weighted by Gasteiger charge is -2.24. The maximum Gasteiger partial charge on any atom is 0.259 e. The molecule has 0 aromatic heterocycles. The van der Waals surface area contributed by atoms with Crippen LogP contribution in [0.5, 0.6) is 0 Å². The molecule has 0 saturated carbocycles. The van der Waals surface area contributed by atoms with Gasteiger partial charge in [0.15, 0.2) is 0 Å². The number of sulfonamides is 1. The summed E-state index contributed by atoms with van der Waals surface area (Å²) in [7, 11) is -4.04. The van der Waals surface area contributed by atoms with Crippen molar-refractivity contribution in [2.75, 3.05) is 15.4 Å². The molecule has 0 spiro atoms. The van der Waals surface area contributed by atoms with E-state index in [1.165, 1.54) is 0 Å². The molecule has 1 aliphatic heterocycles. The molecule has 1 aliphatic rings. The predicted octanol–water partition coefficient (Wildman–Crippen LogP) is 5.90. The van der Waals surface area contributed by atoms with Gasteiger partial charge in [-0.2, -0.15) is 0 Å². The van der Waals surface area contributed by atoms with Gasteiger partial charge >= 0.3 is 0 Å². The number of hydrogen-bond acceptors (Lipinski definition) is 4. The Bertz CT molecular complexity index is 1370. The Morgan fingerprint density at radius 1 is 0.970 bits per heavy atom. The summed E-state index contributed by atoms with van der Waals surface area (Å²) < 4.78 is 27.6. The zero-order chi connectivity index (χ0) is 23.8. The van der Waals surface area contributed by atoms with Crippen LogP contribution in [0, 0.1) is 0 Å². The standard InChI is InChI=1S/C23H17Cl3N2O4S/c24-15-6-8-16(9-7-15)27-23(30)22-17-3-1-2-4-20(17)28(33(31,32)13-21(22)29)12-14-5-10-18(25)19(26)11-14/h1-11,29H,12-13H2,(H,27,30). The number of aliphatic hydroxyl groups is 1. The molecule has 0 saturated heterocycles. The minimum Gasteiger partial charge on any atom is -0.510 e. The van der Waals surface area contributed by atoms with E-state index >= 15 is 0 Å². The molecule has 0 bridgehead atoms. The van der Waals surface area contributed by atoms with Crippen LogP contribution < -0.4 is 9.62 Å². The lowest BCUT2D eigenvalue weighted by molar-refractivity contribution is -0.111. The quantitative estimate of drug-likeness (QED) is 0.445. The second-order valence-electron chi connectivity index (χ2n) is 7.31. The summed E-state index contributed by atoms with van der Waals surface area (Å²) in [5.74, 6) is -1.94. The third-order valence-corrected chi connectivity index (χ3v) is 7.65. The van der Waals surface area contributed by atoms with E-state index in [1.807, 2.05) is 0 Å². The van der Waals surface area contributed by atoms with E-state index in [4.69, 9.17) is 34.8 Å². The van der Waals surface area contributed by atoms with E-state index in [0.29, 0.717) is 26.3 Å². The molecular formula is C23H17Cl3N2O4S. The van der Waals surface area contributed by atoms with Crippen LogP contribution in [0.2, 0.25) is 15.1 Å². The van der Waals surface area contributed by atoms with Gasteiger partial charge in [-0.05, 0) is 48.0 Å². The number of aliphatic hydroxyl groups excluding tert-OH is 1. The number of rotatable bonds is 4. The third-order valence-electron chi connectivity index (χ3n) is 5.02. The lowest BCUT2D eigenvalue weighted by atomic mass is 10.0. The molecule has 3 aromatic carbocycles. The maximum absolute atomic E-state index is 13.2. The number of carbonyl (C=O) groups excluding carboxylic acids is 1. The molecule has 170 valence electrons. The van der Waals surface area contributed by atoms with Gasteiger partial charge in [-0.25, -0.2) is 8.42 Å². The summed E-state index contributed by atoms with van der Waals surface area (Å²) in [6.45, 7) is -0.0599. The van der Waals surface area contributed by atoms with Crippen molar-refractivity contribution in [3.05, 3.63) is 98.7 Å². The van der Waals surface area contributed by atoms with Gasteiger partial charge < -0.3 is 10.4 Å². The van der Waals surface area contributed by atoms with E-state index < -0.39 is 27.4 Å². The molecule has 2 N–H and O–H groups in total. The maximum atomic E-state index is 13.2. The number of amides is 1. The molecule has 0 unspecified atom stereocenters. The molecule has 1 heterocycles. The topological polar surface area (TPSA) is 86.7 Å². The number of halogens is 3. The number of fused-ring (bicyclic) bond motifs is 1. The molecule has 6 nitrogen and oxygen atoms in total. The second-order valence-corrected chi connectivity index (χ2v) is 10.5. The van der Waals surface area contributed by atoms with Gasteiger partial charge in [0, 0.05) is 16.3 Å². The number of para-hydroxylation sites is 1. The minimum atomic E-state index is -4.04. The number of nitrogens with one attached hydrogen (secondary N) is 1. The monoisotopic (exact) mass is 522 g/mol.